The minimum atomic E-state index is -3.86. The summed E-state index contributed by atoms with van der Waals surface area (Å²) in [5.74, 6) is -1.20. The van der Waals surface area contributed by atoms with Crippen molar-refractivity contribution >= 4 is 31.9 Å². The summed E-state index contributed by atoms with van der Waals surface area (Å²) in [6.07, 6.45) is 0. The van der Waals surface area contributed by atoms with Gasteiger partial charge in [-0.3, -0.25) is 0 Å². The summed E-state index contributed by atoms with van der Waals surface area (Å²) in [5, 5.41) is 17.5. The second-order valence-electron chi connectivity index (χ2n) is 4.14. The zero-order valence-electron chi connectivity index (χ0n) is 11.3. The maximum absolute atomic E-state index is 12.2. The van der Waals surface area contributed by atoms with Crippen molar-refractivity contribution in [1.82, 2.24) is 4.72 Å². The fourth-order valence-corrected chi connectivity index (χ4v) is 3.60. The van der Waals surface area contributed by atoms with Crippen molar-refractivity contribution in [2.45, 2.75) is 11.8 Å². The van der Waals surface area contributed by atoms with Crippen LogP contribution in [0.4, 0.5) is 0 Å². The molecule has 0 aliphatic heterocycles. The molecule has 0 saturated carbocycles. The van der Waals surface area contributed by atoms with E-state index in [2.05, 4.69) is 20.7 Å². The molecule has 0 radical (unpaired) electrons. The molecular weight excluding hydrogens is 366 g/mol. The Morgan fingerprint density at radius 2 is 2.05 bits per heavy atom. The van der Waals surface area contributed by atoms with Crippen molar-refractivity contribution in [1.29, 1.82) is 0 Å². The minimum Gasteiger partial charge on any atom is -0.478 e. The number of hydrogen-bond donors (Lipinski definition) is 3. The third-order valence-corrected chi connectivity index (χ3v) is 5.33. The highest BCUT2D eigenvalue weighted by Gasteiger charge is 2.21. The second-order valence-corrected chi connectivity index (χ2v) is 6.67. The van der Waals surface area contributed by atoms with E-state index in [1.54, 1.807) is 6.92 Å². The zero-order valence-corrected chi connectivity index (χ0v) is 13.7. The molecule has 118 valence electrons. The molecule has 0 amide bonds. The number of sulfonamides is 1. The van der Waals surface area contributed by atoms with E-state index < -0.39 is 16.0 Å². The molecular formula is C12H16BrNO6S. The Bertz CT molecular complexity index is 616. The molecule has 0 spiro atoms. The molecule has 1 rings (SSSR count). The van der Waals surface area contributed by atoms with Gasteiger partial charge >= 0.3 is 5.97 Å². The van der Waals surface area contributed by atoms with E-state index in [0.29, 0.717) is 10.0 Å². The van der Waals surface area contributed by atoms with Gasteiger partial charge in [-0.05, 0) is 40.5 Å². The lowest BCUT2D eigenvalue weighted by Crippen LogP contribution is -2.28. The van der Waals surface area contributed by atoms with Crippen LogP contribution in [0.5, 0.6) is 0 Å². The monoisotopic (exact) mass is 381 g/mol. The molecule has 21 heavy (non-hydrogen) atoms. The molecule has 0 aliphatic rings. The van der Waals surface area contributed by atoms with E-state index in [1.165, 1.54) is 6.07 Å². The summed E-state index contributed by atoms with van der Waals surface area (Å²) in [6, 6.07) is 2.48. The van der Waals surface area contributed by atoms with Crippen molar-refractivity contribution in [3.05, 3.63) is 27.7 Å². The van der Waals surface area contributed by atoms with Gasteiger partial charge in [0.2, 0.25) is 10.0 Å². The molecule has 1 aromatic rings. The number of aromatic carboxylic acids is 1. The maximum atomic E-state index is 12.2. The molecule has 0 saturated heterocycles. The van der Waals surface area contributed by atoms with Crippen molar-refractivity contribution in [3.63, 3.8) is 0 Å². The lowest BCUT2D eigenvalue weighted by Gasteiger charge is -2.11. The summed E-state index contributed by atoms with van der Waals surface area (Å²) < 4.78 is 31.9. The van der Waals surface area contributed by atoms with Gasteiger partial charge in [0, 0.05) is 11.0 Å². The molecule has 1 aromatic carbocycles. The second kappa shape index (κ2) is 7.85. The fraction of sp³-hybridized carbons (Fsp3) is 0.417. The van der Waals surface area contributed by atoms with Gasteiger partial charge in [0.25, 0.3) is 0 Å². The smallest absolute Gasteiger partial charge is 0.335 e. The average Bonchev–Trinajstić information content (AvgIpc) is 2.40. The first-order valence-electron chi connectivity index (χ1n) is 6.01. The van der Waals surface area contributed by atoms with Crippen LogP contribution in [0.25, 0.3) is 0 Å². The standard InChI is InChI=1S/C12H16BrNO6S/c1-8-6-9(12(16)17)7-10(11(8)13)21(18,19)14-2-4-20-5-3-15/h6-7,14-15H,2-5H2,1H3,(H,16,17). The normalized spacial score (nSPS) is 11.6. The van der Waals surface area contributed by atoms with Crippen molar-refractivity contribution < 1.29 is 28.2 Å². The van der Waals surface area contributed by atoms with Crippen LogP contribution in [0, 0.1) is 6.92 Å². The molecule has 7 nitrogen and oxygen atoms in total. The van der Waals surface area contributed by atoms with Gasteiger partial charge in [-0.2, -0.15) is 0 Å². The molecule has 0 atom stereocenters. The Labute approximate surface area is 131 Å². The first-order chi connectivity index (χ1) is 9.79. The van der Waals surface area contributed by atoms with Crippen LogP contribution in [0.15, 0.2) is 21.5 Å². The van der Waals surface area contributed by atoms with Gasteiger partial charge in [0.05, 0.1) is 30.3 Å². The van der Waals surface area contributed by atoms with Gasteiger partial charge < -0.3 is 14.9 Å². The number of aliphatic hydroxyl groups excluding tert-OH is 1. The number of benzene rings is 1. The lowest BCUT2D eigenvalue weighted by atomic mass is 10.1. The molecule has 0 aliphatic carbocycles. The molecule has 0 unspecified atom stereocenters. The summed E-state index contributed by atoms with van der Waals surface area (Å²) >= 11 is 3.16. The van der Waals surface area contributed by atoms with Crippen molar-refractivity contribution in [2.75, 3.05) is 26.4 Å². The average molecular weight is 382 g/mol. The van der Waals surface area contributed by atoms with Gasteiger partial charge in [-0.25, -0.2) is 17.9 Å². The summed E-state index contributed by atoms with van der Waals surface area (Å²) in [4.78, 5) is 10.9. The van der Waals surface area contributed by atoms with Gasteiger partial charge in [0.1, 0.15) is 0 Å². The van der Waals surface area contributed by atoms with Gasteiger partial charge in [-0.15, -0.1) is 0 Å². The first-order valence-corrected chi connectivity index (χ1v) is 8.29. The zero-order chi connectivity index (χ0) is 16.0. The fourth-order valence-electron chi connectivity index (χ4n) is 1.55. The van der Waals surface area contributed by atoms with Crippen LogP contribution in [0.3, 0.4) is 0 Å². The van der Waals surface area contributed by atoms with E-state index in [9.17, 15) is 13.2 Å². The Hall–Kier alpha value is -1.00. The number of carbonyl (C=O) groups is 1. The maximum Gasteiger partial charge on any atom is 0.335 e. The molecule has 0 bridgehead atoms. The van der Waals surface area contributed by atoms with Gasteiger partial charge in [-0.1, -0.05) is 0 Å². The molecule has 0 aromatic heterocycles. The number of carboxylic acids is 1. The van der Waals surface area contributed by atoms with Crippen LogP contribution >= 0.6 is 15.9 Å². The third kappa shape index (κ3) is 5.04. The number of aliphatic hydroxyl groups is 1. The third-order valence-electron chi connectivity index (χ3n) is 2.53. The van der Waals surface area contributed by atoms with Crippen molar-refractivity contribution in [2.24, 2.45) is 0 Å². The van der Waals surface area contributed by atoms with E-state index in [-0.39, 0.29) is 36.8 Å². The number of hydrogen-bond acceptors (Lipinski definition) is 5. The van der Waals surface area contributed by atoms with E-state index >= 15 is 0 Å². The highest BCUT2D eigenvalue weighted by atomic mass is 79.9. The SMILES string of the molecule is Cc1cc(C(=O)O)cc(S(=O)(=O)NCCOCCO)c1Br. The highest BCUT2D eigenvalue weighted by molar-refractivity contribution is 9.10. The largest absolute Gasteiger partial charge is 0.478 e. The summed E-state index contributed by atoms with van der Waals surface area (Å²) in [5.41, 5.74) is 0.402. The molecule has 9 heteroatoms. The van der Waals surface area contributed by atoms with Crippen LogP contribution in [0.2, 0.25) is 0 Å². The van der Waals surface area contributed by atoms with E-state index in [0.717, 1.165) is 6.07 Å². The molecule has 0 heterocycles. The van der Waals surface area contributed by atoms with Crippen LogP contribution in [0.1, 0.15) is 15.9 Å². The van der Waals surface area contributed by atoms with Crippen LogP contribution in [-0.4, -0.2) is 51.0 Å². The number of nitrogens with one attached hydrogen (secondary N) is 1. The van der Waals surface area contributed by atoms with Crippen molar-refractivity contribution in [3.8, 4) is 0 Å². The molecule has 0 fully saturated rings. The lowest BCUT2D eigenvalue weighted by molar-refractivity contribution is 0.0696. The summed E-state index contributed by atoms with van der Waals surface area (Å²) in [6.45, 7) is 1.72. The minimum absolute atomic E-state index is 0.0190. The quantitative estimate of drug-likeness (QED) is 0.572. The summed E-state index contributed by atoms with van der Waals surface area (Å²) in [7, 11) is -3.86. The number of carboxylic acid groups (broad SMARTS) is 1. The van der Waals surface area contributed by atoms with E-state index in [4.69, 9.17) is 14.9 Å². The van der Waals surface area contributed by atoms with E-state index in [1.807, 2.05) is 0 Å². The van der Waals surface area contributed by atoms with Crippen LogP contribution < -0.4 is 4.72 Å². The first kappa shape index (κ1) is 18.1. The predicted octanol–water partition coefficient (Wildman–Crippen LogP) is 0.743. The van der Waals surface area contributed by atoms with Gasteiger partial charge in [0.15, 0.2) is 0 Å². The predicted molar refractivity (Wildman–Crippen MR) is 78.9 cm³/mol. The topological polar surface area (TPSA) is 113 Å². The highest BCUT2D eigenvalue weighted by Crippen LogP contribution is 2.27. The number of rotatable bonds is 8. The number of halogens is 1. The Morgan fingerprint density at radius 1 is 1.38 bits per heavy atom. The molecule has 3 N–H and O–H groups in total. The Kier molecular flexibility index (Phi) is 6.75. The van der Waals surface area contributed by atoms with Crippen LogP contribution in [-0.2, 0) is 14.8 Å². The Morgan fingerprint density at radius 3 is 2.62 bits per heavy atom. The number of ether oxygens (including phenoxy) is 1. The Balaban J connectivity index is 2.94. The number of aryl methyl sites for hydroxylation is 1.